The number of azo groups is 3. The number of nitro groups is 1. The number of fused-ring (bicyclic) bond motifs is 1. The molecule has 0 atom stereocenters. The van der Waals surface area contributed by atoms with Crippen LogP contribution in [0.2, 0.25) is 0 Å². The van der Waals surface area contributed by atoms with Crippen molar-refractivity contribution in [3.05, 3.63) is 88.5 Å². The van der Waals surface area contributed by atoms with Crippen molar-refractivity contribution in [3.8, 4) is 5.75 Å². The fourth-order valence-electron chi connectivity index (χ4n) is 4.75. The van der Waals surface area contributed by atoms with Crippen molar-refractivity contribution in [3.63, 3.8) is 0 Å². The molecule has 0 radical (unpaired) electrons. The van der Waals surface area contributed by atoms with E-state index in [1.807, 2.05) is 0 Å². The summed E-state index contributed by atoms with van der Waals surface area (Å²) in [4.78, 5) is 5.79. The summed E-state index contributed by atoms with van der Waals surface area (Å²) >= 11 is 0. The molecule has 3 N–H and O–H groups in total. The minimum Gasteiger partial charge on any atom is -0.744 e. The van der Waals surface area contributed by atoms with Gasteiger partial charge in [0, 0.05) is 10.3 Å². The number of aromatic hydroxyl groups is 1. The van der Waals surface area contributed by atoms with Crippen LogP contribution in [0.3, 0.4) is 0 Å². The van der Waals surface area contributed by atoms with Gasteiger partial charge in [0.25, 0.3) is 0 Å². The van der Waals surface area contributed by atoms with Gasteiger partial charge in [-0.15, -0.1) is 27.5 Å². The van der Waals surface area contributed by atoms with Gasteiger partial charge in [0.2, 0.25) is 0 Å². The molecule has 0 aliphatic carbocycles. The van der Waals surface area contributed by atoms with Crippen molar-refractivity contribution in [2.24, 2.45) is 30.7 Å². The van der Waals surface area contributed by atoms with Gasteiger partial charge in [-0.1, -0.05) is 12.1 Å². The van der Waals surface area contributed by atoms with Gasteiger partial charge in [-0.25, -0.2) is 33.7 Å². The predicted molar refractivity (Wildman–Crippen MR) is 184 cm³/mol. The number of hydrogen-bond donors (Lipinski definition) is 2. The van der Waals surface area contributed by atoms with E-state index in [1.54, 1.807) is 0 Å². The van der Waals surface area contributed by atoms with Crippen LogP contribution in [-0.2, 0) is 40.5 Å². The molecule has 0 unspecified atom stereocenters. The summed E-state index contributed by atoms with van der Waals surface area (Å²) in [6.45, 7) is 1.44. The standard InChI is InChI=1S/C29H21N8O15S4.5Na/c1-14-10-16(32-34-21-11-18(53(41,42)43)7-9-23(21)54(44,45)46)4-8-20(14)33-35-22-13-24(55(47,48)49)19-12-25(56(50,51)52)28(29(38)26(19)27(22)30)36-31-15-2-5-17(6-3-15)37(39)40;;;;;/h2,4-13,38H,30H2,1H3,(H,41,42,43)(H,44,45,46)(H,47,48,49)(H,50,51,52);;;;;/q-1;5*+1/p-4. The van der Waals surface area contributed by atoms with Crippen LogP contribution in [0.4, 0.5) is 45.5 Å². The van der Waals surface area contributed by atoms with Crippen molar-refractivity contribution < 1.29 is 210 Å². The number of phenols is 1. The van der Waals surface area contributed by atoms with Crippen LogP contribution in [0.1, 0.15) is 5.56 Å². The molecule has 0 saturated carbocycles. The van der Waals surface area contributed by atoms with E-state index in [4.69, 9.17) is 5.73 Å². The Kier molecular flexibility index (Phi) is 22.9. The van der Waals surface area contributed by atoms with Crippen molar-refractivity contribution in [2.75, 3.05) is 5.73 Å². The molecular formula is C29H17N8Na5O15S4. The van der Waals surface area contributed by atoms with E-state index in [-0.39, 0.29) is 170 Å². The molecule has 0 aliphatic rings. The van der Waals surface area contributed by atoms with Gasteiger partial charge in [-0.2, -0.15) is 15.3 Å². The summed E-state index contributed by atoms with van der Waals surface area (Å²) in [5, 5.41) is 42.9. The summed E-state index contributed by atoms with van der Waals surface area (Å²) in [5.41, 5.74) is 2.79. The van der Waals surface area contributed by atoms with Crippen LogP contribution in [0.5, 0.6) is 5.75 Å². The third kappa shape index (κ3) is 14.6. The molecule has 5 aromatic carbocycles. The van der Waals surface area contributed by atoms with Crippen LogP contribution in [0.15, 0.2) is 117 Å². The number of rotatable bonds is 11. The summed E-state index contributed by atoms with van der Waals surface area (Å²) < 4.78 is 143. The number of nitro benzene ring substituents is 1. The average molecular weight is 961 g/mol. The molecule has 0 fully saturated rings. The first-order valence-electron chi connectivity index (χ1n) is 14.5. The molecule has 5 rings (SSSR count). The van der Waals surface area contributed by atoms with E-state index < -0.39 is 110 Å². The number of anilines is 1. The van der Waals surface area contributed by atoms with Crippen molar-refractivity contribution in [2.45, 2.75) is 26.5 Å². The van der Waals surface area contributed by atoms with Crippen molar-refractivity contribution in [1.82, 2.24) is 0 Å². The Labute approximate surface area is 456 Å². The first-order chi connectivity index (χ1) is 25.9. The summed E-state index contributed by atoms with van der Waals surface area (Å²) in [7, 11) is -21.4. The average Bonchev–Trinajstić information content (AvgIpc) is 3.08. The Hall–Kier alpha value is -1.20. The maximum absolute atomic E-state index is 12.3. The number of nitrogens with zero attached hydrogens (tertiary/aromatic N) is 7. The third-order valence-corrected chi connectivity index (χ3v) is 10.8. The number of nitrogens with two attached hydrogens (primary N) is 1. The topological polar surface area (TPSA) is 392 Å². The quantitative estimate of drug-likeness (QED) is 0.0236. The van der Waals surface area contributed by atoms with Crippen LogP contribution in [0, 0.1) is 23.1 Å². The van der Waals surface area contributed by atoms with Gasteiger partial charge in [0.05, 0.1) is 42.0 Å². The molecular weight excluding hydrogens is 944 g/mol. The molecule has 32 heteroatoms. The third-order valence-electron chi connectivity index (χ3n) is 7.31. The molecule has 0 bridgehead atoms. The molecule has 0 amide bonds. The molecule has 0 saturated heterocycles. The number of phenolic OH excluding ortho intramolecular Hbond substituents is 1. The van der Waals surface area contributed by atoms with Gasteiger partial charge < -0.3 is 29.1 Å². The van der Waals surface area contributed by atoms with E-state index in [2.05, 4.69) is 36.8 Å². The Bertz CT molecular complexity index is 3050. The molecule has 0 spiro atoms. The van der Waals surface area contributed by atoms with E-state index in [9.17, 15) is 67.1 Å². The number of non-ortho nitro benzene ring substituents is 1. The van der Waals surface area contributed by atoms with Crippen LogP contribution in [-0.4, -0.2) is 61.9 Å². The largest absolute Gasteiger partial charge is 1.00 e. The number of benzene rings is 5. The van der Waals surface area contributed by atoms with Crippen molar-refractivity contribution in [1.29, 1.82) is 0 Å². The van der Waals surface area contributed by atoms with Gasteiger partial charge in [-0.05, 0) is 66.7 Å². The molecule has 292 valence electrons. The number of hydrogen-bond acceptors (Lipinski definition) is 22. The Balaban J connectivity index is 0.00000720. The second-order valence-electron chi connectivity index (χ2n) is 11.0. The first-order valence-corrected chi connectivity index (χ1v) is 20.1. The molecule has 5 aromatic rings. The Morgan fingerprint density at radius 1 is 0.623 bits per heavy atom. The maximum Gasteiger partial charge on any atom is 1.00 e. The molecule has 0 heterocycles. The van der Waals surface area contributed by atoms with E-state index in [1.165, 1.54) is 25.1 Å². The van der Waals surface area contributed by atoms with E-state index in [0.717, 1.165) is 18.2 Å². The summed E-state index contributed by atoms with van der Waals surface area (Å²) in [6, 6.07) is 11.8. The Morgan fingerprint density at radius 3 is 1.70 bits per heavy atom. The van der Waals surface area contributed by atoms with Crippen LogP contribution < -0.4 is 154 Å². The summed E-state index contributed by atoms with van der Waals surface area (Å²) in [6.07, 6.45) is 0. The zero-order chi connectivity index (χ0) is 41.5. The molecule has 0 aromatic heterocycles. The SMILES string of the molecule is Cc1cc(N=Nc2cc(S(=O)(=O)[O-])ccc2S(=O)(=O)[O-])ccc1N=Nc1cc(S(=O)(=O)[O-])c2cc(S(=O)(=O)[O-])c(N=Nc3[c-]cc([N+](=O)[O-])cc3)c(O)c2c1N.[Na+].[Na+].[Na+].[Na+].[Na+]. The fraction of sp³-hybridized carbons (Fsp3) is 0.0345. The monoisotopic (exact) mass is 960 g/mol. The normalized spacial score (nSPS) is 12.0. The van der Waals surface area contributed by atoms with E-state index >= 15 is 0 Å². The van der Waals surface area contributed by atoms with Gasteiger partial charge in [-0.3, -0.25) is 10.1 Å². The number of nitrogen functional groups attached to an aromatic ring is 1. The van der Waals surface area contributed by atoms with Crippen LogP contribution in [0.25, 0.3) is 10.8 Å². The minimum atomic E-state index is -5.58. The number of aryl methyl sites for hydroxylation is 1. The van der Waals surface area contributed by atoms with Crippen LogP contribution >= 0.6 is 0 Å². The predicted octanol–water partition coefficient (Wildman–Crippen LogP) is -9.97. The summed E-state index contributed by atoms with van der Waals surface area (Å²) in [5.74, 6) is -1.24. The second kappa shape index (κ2) is 23.3. The first kappa shape index (κ1) is 59.8. The van der Waals surface area contributed by atoms with Gasteiger partial charge in [0.1, 0.15) is 57.5 Å². The smallest absolute Gasteiger partial charge is 0.744 e. The fourth-order valence-corrected chi connectivity index (χ4v) is 7.15. The van der Waals surface area contributed by atoms with Gasteiger partial charge in [0.15, 0.2) is 11.4 Å². The zero-order valence-corrected chi connectivity index (χ0v) is 45.6. The Morgan fingerprint density at radius 2 is 1.20 bits per heavy atom. The molecule has 0 aliphatic heterocycles. The zero-order valence-electron chi connectivity index (χ0n) is 32.4. The van der Waals surface area contributed by atoms with E-state index in [0.29, 0.717) is 30.3 Å². The molecule has 23 nitrogen and oxygen atoms in total. The van der Waals surface area contributed by atoms with Crippen molar-refractivity contribution >= 4 is 96.7 Å². The minimum absolute atomic E-state index is 0. The second-order valence-corrected chi connectivity index (χ2v) is 16.4. The van der Waals surface area contributed by atoms with Gasteiger partial charge >= 0.3 is 148 Å². The molecule has 61 heavy (non-hydrogen) atoms. The maximum atomic E-state index is 12.3.